The fraction of sp³-hybridized carbons (Fsp3) is 0.333. The minimum absolute atomic E-state index is 0.0722. The highest BCUT2D eigenvalue weighted by Crippen LogP contribution is 2.20. The van der Waals surface area contributed by atoms with Gasteiger partial charge in [-0.05, 0) is 23.9 Å². The quantitative estimate of drug-likeness (QED) is 0.380. The molecule has 0 radical (unpaired) electrons. The van der Waals surface area contributed by atoms with E-state index in [1.165, 1.54) is 0 Å². The predicted octanol–water partition coefficient (Wildman–Crippen LogP) is 3.35. The van der Waals surface area contributed by atoms with Crippen LogP contribution in [-0.2, 0) is 37.0 Å². The zero-order chi connectivity index (χ0) is 21.2. The highest BCUT2D eigenvalue weighted by atomic mass is 16.6. The van der Waals surface area contributed by atoms with E-state index in [0.717, 1.165) is 11.1 Å². The summed E-state index contributed by atoms with van der Waals surface area (Å²) in [5.74, 6) is -0.521. The molecule has 1 heterocycles. The average molecular weight is 409 g/mol. The van der Waals surface area contributed by atoms with Gasteiger partial charge < -0.3 is 18.9 Å². The first kappa shape index (κ1) is 21.9. The molecule has 0 unspecified atom stereocenters. The molecule has 6 nitrogen and oxygen atoms in total. The summed E-state index contributed by atoms with van der Waals surface area (Å²) in [5.41, 5.74) is 2.02. The highest BCUT2D eigenvalue weighted by molar-refractivity contribution is 5.77. The first-order valence-corrected chi connectivity index (χ1v) is 9.89. The Hall–Kier alpha value is -2.80. The number of hydrogen-bond donors (Lipinski definition) is 0. The Labute approximate surface area is 177 Å². The van der Waals surface area contributed by atoms with E-state index in [1.807, 2.05) is 60.7 Å². The van der Waals surface area contributed by atoms with Gasteiger partial charge in [0.05, 0.1) is 26.4 Å². The Balaban J connectivity index is 1.79. The number of rotatable bonds is 8. The van der Waals surface area contributed by atoms with Gasteiger partial charge in [0.1, 0.15) is 18.3 Å². The van der Waals surface area contributed by atoms with Crippen LogP contribution in [-0.4, -0.2) is 50.3 Å². The molecule has 0 bridgehead atoms. The maximum Gasteiger partial charge on any atom is 0.333 e. The number of aliphatic imine (C=N–C) groups is 1. The molecule has 0 N–H and O–H groups in total. The van der Waals surface area contributed by atoms with Crippen LogP contribution in [0.15, 0.2) is 78.3 Å². The molecule has 1 aliphatic heterocycles. The standard InChI is InChI=1S/C24H27NO5/c1-3-21-23(29-15-19-12-8-5-9-13-19)22(28-14-18-10-6-4-7-11-18)17-27-16-20(25-2)24(26)30-21/h3-13,20-23H,1-2,14-17H2/t20-,21-,22+,23+/m1/s1. The first-order valence-electron chi connectivity index (χ1n) is 9.89. The van der Waals surface area contributed by atoms with Gasteiger partial charge >= 0.3 is 5.97 Å². The average Bonchev–Trinajstić information content (AvgIpc) is 2.85. The molecule has 1 fully saturated rings. The van der Waals surface area contributed by atoms with Crippen LogP contribution in [0, 0.1) is 0 Å². The summed E-state index contributed by atoms with van der Waals surface area (Å²) in [7, 11) is 0. The van der Waals surface area contributed by atoms with E-state index in [9.17, 15) is 4.79 Å². The molecule has 0 amide bonds. The summed E-state index contributed by atoms with van der Waals surface area (Å²) in [4.78, 5) is 16.3. The van der Waals surface area contributed by atoms with Crippen molar-refractivity contribution in [1.82, 2.24) is 0 Å². The van der Waals surface area contributed by atoms with Crippen LogP contribution < -0.4 is 0 Å². The maximum atomic E-state index is 12.4. The molecule has 2 aromatic carbocycles. The maximum absolute atomic E-state index is 12.4. The molecule has 0 aliphatic carbocycles. The zero-order valence-corrected chi connectivity index (χ0v) is 16.9. The highest BCUT2D eigenvalue weighted by Gasteiger charge is 2.36. The topological polar surface area (TPSA) is 66.4 Å². The van der Waals surface area contributed by atoms with Crippen molar-refractivity contribution in [3.05, 3.63) is 84.4 Å². The molecule has 3 rings (SSSR count). The summed E-state index contributed by atoms with van der Waals surface area (Å²) >= 11 is 0. The van der Waals surface area contributed by atoms with E-state index < -0.39 is 30.3 Å². The Morgan fingerprint density at radius 1 is 0.967 bits per heavy atom. The number of esters is 1. The van der Waals surface area contributed by atoms with Gasteiger partial charge in [0, 0.05) is 0 Å². The Morgan fingerprint density at radius 2 is 1.57 bits per heavy atom. The van der Waals surface area contributed by atoms with Crippen LogP contribution in [0.4, 0.5) is 0 Å². The second-order valence-corrected chi connectivity index (χ2v) is 6.97. The Morgan fingerprint density at radius 3 is 2.13 bits per heavy atom. The minimum atomic E-state index is -0.796. The summed E-state index contributed by atoms with van der Waals surface area (Å²) in [6, 6.07) is 18.8. The van der Waals surface area contributed by atoms with Crippen LogP contribution in [0.5, 0.6) is 0 Å². The lowest BCUT2D eigenvalue weighted by molar-refractivity contribution is -0.166. The SMILES string of the molecule is C=C[C@H]1OC(=O)[C@H](N=C)COC[C@H](OCc2ccccc2)[C@H]1OCc1ccccc1. The molecule has 30 heavy (non-hydrogen) atoms. The zero-order valence-electron chi connectivity index (χ0n) is 16.9. The van der Waals surface area contributed by atoms with E-state index in [4.69, 9.17) is 18.9 Å². The van der Waals surface area contributed by atoms with Crippen molar-refractivity contribution in [2.45, 2.75) is 37.6 Å². The molecule has 1 saturated heterocycles. The molecule has 4 atom stereocenters. The van der Waals surface area contributed by atoms with Crippen molar-refractivity contribution in [1.29, 1.82) is 0 Å². The molecule has 2 aromatic rings. The Kier molecular flexibility index (Phi) is 8.32. The third-order valence-corrected chi connectivity index (χ3v) is 4.82. The lowest BCUT2D eigenvalue weighted by Gasteiger charge is -2.31. The van der Waals surface area contributed by atoms with Crippen molar-refractivity contribution in [2.75, 3.05) is 13.2 Å². The summed E-state index contributed by atoms with van der Waals surface area (Å²) in [5, 5.41) is 0. The molecular weight excluding hydrogens is 382 g/mol. The predicted molar refractivity (Wildman–Crippen MR) is 114 cm³/mol. The van der Waals surface area contributed by atoms with Crippen molar-refractivity contribution >= 4 is 12.7 Å². The monoisotopic (exact) mass is 409 g/mol. The number of cyclic esters (lactones) is 1. The van der Waals surface area contributed by atoms with Crippen LogP contribution >= 0.6 is 0 Å². The first-order chi connectivity index (χ1) is 14.7. The van der Waals surface area contributed by atoms with Gasteiger partial charge in [0.15, 0.2) is 6.04 Å². The summed E-state index contributed by atoms with van der Waals surface area (Å²) < 4.78 is 23.7. The van der Waals surface area contributed by atoms with E-state index >= 15 is 0 Å². The van der Waals surface area contributed by atoms with E-state index in [2.05, 4.69) is 18.3 Å². The molecule has 0 spiro atoms. The molecule has 6 heteroatoms. The molecule has 0 saturated carbocycles. The molecule has 158 valence electrons. The Bertz CT molecular complexity index is 811. The number of carbonyl (C=O) groups is 1. The van der Waals surface area contributed by atoms with Crippen molar-refractivity contribution in [2.24, 2.45) is 4.99 Å². The number of carbonyl (C=O) groups excluding carboxylic acids is 1. The molecular formula is C24H27NO5. The van der Waals surface area contributed by atoms with Gasteiger partial charge in [0.25, 0.3) is 0 Å². The number of nitrogens with zero attached hydrogens (tertiary/aromatic N) is 1. The smallest absolute Gasteiger partial charge is 0.333 e. The largest absolute Gasteiger partial charge is 0.454 e. The number of hydrogen-bond acceptors (Lipinski definition) is 6. The van der Waals surface area contributed by atoms with Crippen LogP contribution in [0.25, 0.3) is 0 Å². The van der Waals surface area contributed by atoms with E-state index in [1.54, 1.807) is 6.08 Å². The third kappa shape index (κ3) is 6.10. The molecule has 0 aromatic heterocycles. The van der Waals surface area contributed by atoms with Crippen molar-refractivity contribution < 1.29 is 23.7 Å². The fourth-order valence-corrected chi connectivity index (χ4v) is 3.15. The fourth-order valence-electron chi connectivity index (χ4n) is 3.15. The van der Waals surface area contributed by atoms with E-state index in [0.29, 0.717) is 13.2 Å². The van der Waals surface area contributed by atoms with Crippen molar-refractivity contribution in [3.63, 3.8) is 0 Å². The van der Waals surface area contributed by atoms with Gasteiger partial charge in [0.2, 0.25) is 0 Å². The van der Waals surface area contributed by atoms with Crippen molar-refractivity contribution in [3.8, 4) is 0 Å². The van der Waals surface area contributed by atoms with Gasteiger partial charge in [-0.15, -0.1) is 0 Å². The van der Waals surface area contributed by atoms with Gasteiger partial charge in [-0.25, -0.2) is 4.79 Å². The normalized spacial score (nSPS) is 24.7. The lowest BCUT2D eigenvalue weighted by Crippen LogP contribution is -2.44. The minimum Gasteiger partial charge on any atom is -0.454 e. The van der Waals surface area contributed by atoms with Crippen LogP contribution in [0.3, 0.4) is 0 Å². The van der Waals surface area contributed by atoms with Crippen LogP contribution in [0.2, 0.25) is 0 Å². The summed E-state index contributed by atoms with van der Waals surface area (Å²) in [6.45, 7) is 8.29. The second-order valence-electron chi connectivity index (χ2n) is 6.97. The van der Waals surface area contributed by atoms with Crippen LogP contribution in [0.1, 0.15) is 11.1 Å². The number of ether oxygens (including phenoxy) is 4. The number of benzene rings is 2. The third-order valence-electron chi connectivity index (χ3n) is 4.82. The summed E-state index contributed by atoms with van der Waals surface area (Å²) in [6.07, 6.45) is -0.238. The van der Waals surface area contributed by atoms with E-state index in [-0.39, 0.29) is 13.2 Å². The van der Waals surface area contributed by atoms with Gasteiger partial charge in [-0.3, -0.25) is 4.99 Å². The molecule has 1 aliphatic rings. The second kappa shape index (κ2) is 11.4. The van der Waals surface area contributed by atoms with Gasteiger partial charge in [-0.1, -0.05) is 67.2 Å². The lowest BCUT2D eigenvalue weighted by atomic mass is 10.1. The van der Waals surface area contributed by atoms with Gasteiger partial charge in [-0.2, -0.15) is 0 Å².